The molecular weight excluding hydrogens is 451 g/mol. The molecule has 0 radical (unpaired) electrons. The number of aliphatic imine (C=N–C) groups is 1. The van der Waals surface area contributed by atoms with Crippen LogP contribution in [0.3, 0.4) is 0 Å². The standard InChI is InChI=1S/C25H25ClF3N3O/c1-32(2)11-3-10-30-21-12-16(15-4-6-17(7-5-15)25(27,28)29)13-22-23(21)24(33)19-14-18(26)8-9-20(19)31-22/h4-9,14,16H,3,10-13H2,1-2H3,(H,31,33)/b30-21-. The zero-order valence-corrected chi connectivity index (χ0v) is 19.2. The summed E-state index contributed by atoms with van der Waals surface area (Å²) in [6.07, 6.45) is -2.52. The van der Waals surface area contributed by atoms with Crippen LogP contribution in [0, 0.1) is 0 Å². The minimum Gasteiger partial charge on any atom is -0.358 e. The number of pyridine rings is 1. The first-order chi connectivity index (χ1) is 15.6. The van der Waals surface area contributed by atoms with Crippen LogP contribution in [0.15, 0.2) is 52.3 Å². The molecule has 0 fully saturated rings. The molecule has 1 unspecified atom stereocenters. The van der Waals surface area contributed by atoms with Gasteiger partial charge in [-0.1, -0.05) is 23.7 Å². The summed E-state index contributed by atoms with van der Waals surface area (Å²) < 4.78 is 39.0. The van der Waals surface area contributed by atoms with Crippen LogP contribution in [0.2, 0.25) is 5.02 Å². The molecule has 0 bridgehead atoms. The lowest BCUT2D eigenvalue weighted by atomic mass is 9.80. The van der Waals surface area contributed by atoms with Crippen LogP contribution in [0.4, 0.5) is 13.2 Å². The Labute approximate surface area is 195 Å². The van der Waals surface area contributed by atoms with E-state index in [9.17, 15) is 18.0 Å². The number of nitrogens with one attached hydrogen (secondary N) is 1. The molecule has 4 nitrogen and oxygen atoms in total. The Hall–Kier alpha value is -2.64. The Balaban J connectivity index is 1.75. The van der Waals surface area contributed by atoms with Crippen LogP contribution in [0.5, 0.6) is 0 Å². The Morgan fingerprint density at radius 1 is 1.12 bits per heavy atom. The van der Waals surface area contributed by atoms with E-state index >= 15 is 0 Å². The van der Waals surface area contributed by atoms with Crippen molar-refractivity contribution in [3.05, 3.63) is 80.1 Å². The topological polar surface area (TPSA) is 48.5 Å². The third-order valence-electron chi connectivity index (χ3n) is 6.00. The van der Waals surface area contributed by atoms with Crippen LogP contribution in [-0.4, -0.2) is 42.8 Å². The molecule has 33 heavy (non-hydrogen) atoms. The van der Waals surface area contributed by atoms with Crippen molar-refractivity contribution in [1.29, 1.82) is 0 Å². The lowest BCUT2D eigenvalue weighted by Gasteiger charge is -2.27. The Bertz CT molecular complexity index is 1250. The Kier molecular flexibility index (Phi) is 6.64. The third kappa shape index (κ3) is 5.14. The normalized spacial score (nSPS) is 17.7. The highest BCUT2D eigenvalue weighted by molar-refractivity contribution is 6.31. The molecule has 0 spiro atoms. The quantitative estimate of drug-likeness (QED) is 0.483. The number of benzene rings is 2. The molecule has 3 aromatic rings. The smallest absolute Gasteiger partial charge is 0.358 e. The lowest BCUT2D eigenvalue weighted by molar-refractivity contribution is -0.137. The van der Waals surface area contributed by atoms with Crippen LogP contribution < -0.4 is 5.43 Å². The van der Waals surface area contributed by atoms with Crippen LogP contribution in [0.1, 0.15) is 41.1 Å². The summed E-state index contributed by atoms with van der Waals surface area (Å²) in [5.74, 6) is -0.0761. The van der Waals surface area contributed by atoms with Gasteiger partial charge in [-0.05, 0) is 81.7 Å². The molecule has 0 saturated carbocycles. The zero-order chi connectivity index (χ0) is 23.8. The van der Waals surface area contributed by atoms with Crippen LogP contribution >= 0.6 is 11.6 Å². The summed E-state index contributed by atoms with van der Waals surface area (Å²) in [7, 11) is 3.98. The van der Waals surface area contributed by atoms with Gasteiger partial charge in [0.1, 0.15) is 0 Å². The molecule has 0 amide bonds. The largest absolute Gasteiger partial charge is 0.416 e. The second-order valence-corrected chi connectivity index (χ2v) is 9.14. The summed E-state index contributed by atoms with van der Waals surface area (Å²) in [6.45, 7) is 1.44. The zero-order valence-electron chi connectivity index (χ0n) is 18.5. The number of hydrogen-bond acceptors (Lipinski definition) is 3. The molecule has 1 aromatic heterocycles. The van der Waals surface area contributed by atoms with E-state index in [1.807, 2.05) is 14.1 Å². The van der Waals surface area contributed by atoms with Gasteiger partial charge < -0.3 is 9.88 Å². The first-order valence-corrected chi connectivity index (χ1v) is 11.2. The summed E-state index contributed by atoms with van der Waals surface area (Å²) in [6, 6.07) is 10.4. The number of hydrogen-bond donors (Lipinski definition) is 1. The van der Waals surface area contributed by atoms with Gasteiger partial charge in [-0.25, -0.2) is 0 Å². The van der Waals surface area contributed by atoms with Gasteiger partial charge in [0.15, 0.2) is 5.43 Å². The third-order valence-corrected chi connectivity index (χ3v) is 6.23. The molecule has 0 aliphatic heterocycles. The maximum Gasteiger partial charge on any atom is 0.416 e. The highest BCUT2D eigenvalue weighted by atomic mass is 35.5. The molecule has 2 aromatic carbocycles. The molecule has 1 N–H and O–H groups in total. The number of alkyl halides is 3. The second-order valence-electron chi connectivity index (χ2n) is 8.71. The monoisotopic (exact) mass is 475 g/mol. The van der Waals surface area contributed by atoms with Gasteiger partial charge in [0.05, 0.1) is 11.1 Å². The minimum absolute atomic E-state index is 0.0761. The first kappa shape index (κ1) is 23.5. The predicted molar refractivity (Wildman–Crippen MR) is 127 cm³/mol. The van der Waals surface area contributed by atoms with Gasteiger partial charge in [-0.2, -0.15) is 13.2 Å². The van der Waals surface area contributed by atoms with Gasteiger partial charge in [0.2, 0.25) is 0 Å². The number of nitrogens with zero attached hydrogens (tertiary/aromatic N) is 2. The summed E-state index contributed by atoms with van der Waals surface area (Å²) in [5, 5.41) is 0.992. The fraction of sp³-hybridized carbons (Fsp3) is 0.360. The van der Waals surface area contributed by atoms with Crippen molar-refractivity contribution in [1.82, 2.24) is 9.88 Å². The van der Waals surface area contributed by atoms with Crippen molar-refractivity contribution in [2.24, 2.45) is 4.99 Å². The minimum atomic E-state index is -4.37. The second kappa shape index (κ2) is 9.31. The van der Waals surface area contributed by atoms with Gasteiger partial charge in [0, 0.05) is 33.9 Å². The van der Waals surface area contributed by atoms with Crippen molar-refractivity contribution in [2.75, 3.05) is 27.2 Å². The van der Waals surface area contributed by atoms with E-state index in [1.165, 1.54) is 12.1 Å². The van der Waals surface area contributed by atoms with Crippen molar-refractivity contribution in [3.63, 3.8) is 0 Å². The van der Waals surface area contributed by atoms with E-state index in [0.717, 1.165) is 36.4 Å². The number of H-pyrrole nitrogens is 1. The maximum atomic E-state index is 13.4. The molecule has 0 saturated heterocycles. The molecule has 1 aliphatic carbocycles. The van der Waals surface area contributed by atoms with Crippen molar-refractivity contribution in [2.45, 2.75) is 31.4 Å². The highest BCUT2D eigenvalue weighted by Crippen LogP contribution is 2.35. The number of fused-ring (bicyclic) bond motifs is 2. The number of aromatic nitrogens is 1. The van der Waals surface area contributed by atoms with Crippen LogP contribution in [0.25, 0.3) is 10.9 Å². The summed E-state index contributed by atoms with van der Waals surface area (Å²) in [5.41, 5.74) is 2.72. The van der Waals surface area contributed by atoms with E-state index in [4.69, 9.17) is 16.6 Å². The van der Waals surface area contributed by atoms with Gasteiger partial charge in [0.25, 0.3) is 0 Å². The van der Waals surface area contributed by atoms with Crippen molar-refractivity contribution < 1.29 is 13.2 Å². The first-order valence-electron chi connectivity index (χ1n) is 10.8. The molecule has 8 heteroatoms. The average molecular weight is 476 g/mol. The summed E-state index contributed by atoms with van der Waals surface area (Å²) >= 11 is 6.12. The predicted octanol–water partition coefficient (Wildman–Crippen LogP) is 5.67. The fourth-order valence-corrected chi connectivity index (χ4v) is 4.52. The number of halogens is 4. The van der Waals surface area contributed by atoms with E-state index < -0.39 is 11.7 Å². The number of aromatic amines is 1. The van der Waals surface area contributed by atoms with E-state index in [2.05, 4.69) is 9.88 Å². The molecular formula is C25H25ClF3N3O. The van der Waals surface area contributed by atoms with Crippen molar-refractivity contribution >= 4 is 28.2 Å². The van der Waals surface area contributed by atoms with Gasteiger partial charge in [-0.15, -0.1) is 0 Å². The molecule has 1 aliphatic rings. The Morgan fingerprint density at radius 3 is 2.52 bits per heavy atom. The van der Waals surface area contributed by atoms with Crippen LogP contribution in [-0.2, 0) is 12.6 Å². The lowest BCUT2D eigenvalue weighted by Crippen LogP contribution is -2.28. The number of rotatable bonds is 5. The SMILES string of the molecule is CN(C)CCC/N=C1/CC(c2ccc(C(F)(F)F)cc2)Cc2[nH]c3ccc(Cl)cc3c(=O)c21. The molecule has 4 rings (SSSR count). The maximum absolute atomic E-state index is 13.4. The molecule has 174 valence electrons. The Morgan fingerprint density at radius 2 is 1.85 bits per heavy atom. The van der Waals surface area contributed by atoms with E-state index in [0.29, 0.717) is 46.6 Å². The molecule has 1 heterocycles. The van der Waals surface area contributed by atoms with Gasteiger partial charge >= 0.3 is 6.18 Å². The highest BCUT2D eigenvalue weighted by Gasteiger charge is 2.32. The van der Waals surface area contributed by atoms with Gasteiger partial charge in [-0.3, -0.25) is 9.79 Å². The van der Waals surface area contributed by atoms with E-state index in [1.54, 1.807) is 18.2 Å². The van der Waals surface area contributed by atoms with E-state index in [-0.39, 0.29) is 11.3 Å². The van der Waals surface area contributed by atoms with Crippen molar-refractivity contribution in [3.8, 4) is 0 Å². The fourth-order valence-electron chi connectivity index (χ4n) is 4.35. The molecule has 1 atom stereocenters. The average Bonchev–Trinajstić information content (AvgIpc) is 2.76. The summed E-state index contributed by atoms with van der Waals surface area (Å²) in [4.78, 5) is 23.6.